The lowest BCUT2D eigenvalue weighted by atomic mass is 10.2. The number of rotatable bonds is 6. The lowest BCUT2D eigenvalue weighted by molar-refractivity contribution is 0.312. The van der Waals surface area contributed by atoms with Crippen molar-refractivity contribution in [2.75, 3.05) is 20.1 Å². The summed E-state index contributed by atoms with van der Waals surface area (Å²) in [4.78, 5) is 2.20. The average molecular weight is 206 g/mol. The lowest BCUT2D eigenvalue weighted by Gasteiger charge is -2.16. The number of hydrogen-bond donors (Lipinski definition) is 1. The fourth-order valence-corrected chi connectivity index (χ4v) is 1.47. The zero-order valence-corrected chi connectivity index (χ0v) is 9.42. The first kappa shape index (κ1) is 11.8. The fraction of sp³-hybridized carbons (Fsp3) is 0.500. The third-order valence-corrected chi connectivity index (χ3v) is 2.33. The second kappa shape index (κ2) is 6.28. The molecular weight excluding hydrogens is 188 g/mol. The van der Waals surface area contributed by atoms with Gasteiger partial charge in [-0.1, -0.05) is 12.8 Å². The quantitative estimate of drug-likeness (QED) is 0.714. The molecule has 0 atom stereocenters. The fourth-order valence-electron chi connectivity index (χ4n) is 1.47. The molecular formula is C12H18N2O. The van der Waals surface area contributed by atoms with Crippen molar-refractivity contribution in [2.24, 2.45) is 0 Å². The second-order valence-electron chi connectivity index (χ2n) is 3.41. The molecule has 1 heterocycles. The van der Waals surface area contributed by atoms with Gasteiger partial charge in [0.1, 0.15) is 5.76 Å². The molecule has 0 aliphatic rings. The number of nitrogens with zero attached hydrogens (tertiary/aromatic N) is 1. The molecule has 0 aromatic carbocycles. The summed E-state index contributed by atoms with van der Waals surface area (Å²) in [6.45, 7) is 5.36. The molecule has 82 valence electrons. The normalized spacial score (nSPS) is 10.5. The van der Waals surface area contributed by atoms with Crippen LogP contribution >= 0.6 is 0 Å². The molecule has 1 rings (SSSR count). The van der Waals surface area contributed by atoms with E-state index in [9.17, 15) is 0 Å². The highest BCUT2D eigenvalue weighted by Gasteiger charge is 2.08. The Morgan fingerprint density at radius 1 is 1.60 bits per heavy atom. The van der Waals surface area contributed by atoms with E-state index in [0.29, 0.717) is 6.54 Å². The third-order valence-electron chi connectivity index (χ3n) is 2.33. The van der Waals surface area contributed by atoms with Gasteiger partial charge in [-0.05, 0) is 19.7 Å². The highest BCUT2D eigenvalue weighted by molar-refractivity contribution is 5.17. The molecule has 1 aromatic rings. The van der Waals surface area contributed by atoms with Crippen LogP contribution in [0.3, 0.4) is 0 Å². The summed E-state index contributed by atoms with van der Waals surface area (Å²) >= 11 is 0. The highest BCUT2D eigenvalue weighted by atomic mass is 16.3. The predicted molar refractivity (Wildman–Crippen MR) is 61.3 cm³/mol. The summed E-state index contributed by atoms with van der Waals surface area (Å²) < 4.78 is 5.39. The summed E-state index contributed by atoms with van der Waals surface area (Å²) in [7, 11) is 1.91. The Morgan fingerprint density at radius 3 is 3.00 bits per heavy atom. The van der Waals surface area contributed by atoms with Gasteiger partial charge in [0.15, 0.2) is 0 Å². The van der Waals surface area contributed by atoms with Gasteiger partial charge in [-0.3, -0.25) is 4.90 Å². The van der Waals surface area contributed by atoms with Gasteiger partial charge in [0.25, 0.3) is 0 Å². The van der Waals surface area contributed by atoms with E-state index < -0.39 is 0 Å². The highest BCUT2D eigenvalue weighted by Crippen LogP contribution is 2.12. The van der Waals surface area contributed by atoms with E-state index in [1.807, 2.05) is 13.1 Å². The number of terminal acetylenes is 1. The van der Waals surface area contributed by atoms with Crippen LogP contribution in [-0.2, 0) is 13.1 Å². The van der Waals surface area contributed by atoms with Crippen LogP contribution in [0, 0.1) is 12.3 Å². The molecule has 3 nitrogen and oxygen atoms in total. The summed E-state index contributed by atoms with van der Waals surface area (Å²) in [5, 5.41) is 3.08. The van der Waals surface area contributed by atoms with Crippen LogP contribution in [0.25, 0.3) is 0 Å². The molecule has 0 radical (unpaired) electrons. The first-order chi connectivity index (χ1) is 7.31. The first-order valence-corrected chi connectivity index (χ1v) is 5.17. The van der Waals surface area contributed by atoms with Gasteiger partial charge in [0, 0.05) is 12.1 Å². The Kier molecular flexibility index (Phi) is 4.96. The molecule has 0 spiro atoms. The van der Waals surface area contributed by atoms with Crippen LogP contribution in [0.1, 0.15) is 18.2 Å². The van der Waals surface area contributed by atoms with Gasteiger partial charge >= 0.3 is 0 Å². The molecule has 1 N–H and O–H groups in total. The third kappa shape index (κ3) is 3.43. The van der Waals surface area contributed by atoms with E-state index in [1.54, 1.807) is 6.26 Å². The van der Waals surface area contributed by atoms with Gasteiger partial charge in [0.2, 0.25) is 0 Å². The van der Waals surface area contributed by atoms with Gasteiger partial charge in [-0.15, -0.1) is 6.42 Å². The van der Waals surface area contributed by atoms with Crippen molar-refractivity contribution in [1.82, 2.24) is 10.2 Å². The first-order valence-electron chi connectivity index (χ1n) is 5.17. The zero-order chi connectivity index (χ0) is 11.1. The summed E-state index contributed by atoms with van der Waals surface area (Å²) in [6.07, 6.45) is 7.03. The molecule has 1 aromatic heterocycles. The Bertz CT molecular complexity index is 325. The molecule has 0 saturated carbocycles. The summed E-state index contributed by atoms with van der Waals surface area (Å²) in [6, 6.07) is 2.01. The average Bonchev–Trinajstić information content (AvgIpc) is 2.66. The number of nitrogens with one attached hydrogen (secondary N) is 1. The molecule has 0 aliphatic carbocycles. The minimum absolute atomic E-state index is 0.681. The maximum Gasteiger partial charge on any atom is 0.122 e. The van der Waals surface area contributed by atoms with Crippen molar-refractivity contribution in [2.45, 2.75) is 20.0 Å². The molecule has 0 aliphatic heterocycles. The van der Waals surface area contributed by atoms with Crippen molar-refractivity contribution in [3.8, 4) is 12.3 Å². The maximum absolute atomic E-state index is 5.39. The van der Waals surface area contributed by atoms with Gasteiger partial charge in [0.05, 0.1) is 19.4 Å². The molecule has 15 heavy (non-hydrogen) atoms. The Morgan fingerprint density at radius 2 is 2.40 bits per heavy atom. The maximum atomic E-state index is 5.39. The van der Waals surface area contributed by atoms with Crippen LogP contribution in [0.2, 0.25) is 0 Å². The topological polar surface area (TPSA) is 28.4 Å². The van der Waals surface area contributed by atoms with E-state index in [2.05, 4.69) is 23.1 Å². The zero-order valence-electron chi connectivity index (χ0n) is 9.42. The number of furan rings is 1. The predicted octanol–water partition coefficient (Wildman–Crippen LogP) is 1.45. The van der Waals surface area contributed by atoms with Crippen LogP contribution < -0.4 is 5.32 Å². The van der Waals surface area contributed by atoms with Crippen molar-refractivity contribution in [3.63, 3.8) is 0 Å². The Hall–Kier alpha value is -1.24. The standard InChI is InChI=1S/C12H18N2O/c1-4-7-14(5-2)10-11-6-8-15-12(11)9-13-3/h1,6,8,13H,5,7,9-10H2,2-3H3. The van der Waals surface area contributed by atoms with Gasteiger partial charge in [-0.25, -0.2) is 0 Å². The van der Waals surface area contributed by atoms with Crippen LogP contribution in [0.4, 0.5) is 0 Å². The van der Waals surface area contributed by atoms with Gasteiger partial charge < -0.3 is 9.73 Å². The van der Waals surface area contributed by atoms with E-state index in [4.69, 9.17) is 10.8 Å². The monoisotopic (exact) mass is 206 g/mol. The largest absolute Gasteiger partial charge is 0.468 e. The van der Waals surface area contributed by atoms with E-state index in [-0.39, 0.29) is 0 Å². The van der Waals surface area contributed by atoms with Crippen molar-refractivity contribution in [1.29, 1.82) is 0 Å². The molecule has 3 heteroatoms. The minimum atomic E-state index is 0.681. The number of hydrogen-bond acceptors (Lipinski definition) is 3. The Labute approximate surface area is 91.5 Å². The lowest BCUT2D eigenvalue weighted by Crippen LogP contribution is -2.23. The van der Waals surface area contributed by atoms with E-state index in [1.165, 1.54) is 5.56 Å². The van der Waals surface area contributed by atoms with Crippen LogP contribution in [-0.4, -0.2) is 25.0 Å². The van der Waals surface area contributed by atoms with Crippen molar-refractivity contribution in [3.05, 3.63) is 23.7 Å². The SMILES string of the molecule is C#CCN(CC)Cc1ccoc1CNC. The molecule has 0 unspecified atom stereocenters. The van der Waals surface area contributed by atoms with E-state index >= 15 is 0 Å². The van der Waals surface area contributed by atoms with Crippen LogP contribution in [0.5, 0.6) is 0 Å². The van der Waals surface area contributed by atoms with Gasteiger partial charge in [-0.2, -0.15) is 0 Å². The summed E-state index contributed by atoms with van der Waals surface area (Å²) in [5.74, 6) is 3.66. The smallest absolute Gasteiger partial charge is 0.122 e. The molecule has 0 saturated heterocycles. The minimum Gasteiger partial charge on any atom is -0.468 e. The summed E-state index contributed by atoms with van der Waals surface area (Å²) in [5.41, 5.74) is 1.21. The molecule has 0 bridgehead atoms. The second-order valence-corrected chi connectivity index (χ2v) is 3.41. The molecule has 0 fully saturated rings. The van der Waals surface area contributed by atoms with Crippen LogP contribution in [0.15, 0.2) is 16.7 Å². The van der Waals surface area contributed by atoms with Crippen molar-refractivity contribution < 1.29 is 4.42 Å². The van der Waals surface area contributed by atoms with E-state index in [0.717, 1.165) is 25.4 Å². The Balaban J connectivity index is 2.62. The van der Waals surface area contributed by atoms with Crippen molar-refractivity contribution >= 4 is 0 Å². The molecule has 0 amide bonds.